The van der Waals surface area contributed by atoms with Crippen LogP contribution >= 0.6 is 0 Å². The van der Waals surface area contributed by atoms with Gasteiger partial charge in [-0.25, -0.2) is 0 Å². The number of quaternary nitrogens is 1. The van der Waals surface area contributed by atoms with Gasteiger partial charge in [0.2, 0.25) is 0 Å². The van der Waals surface area contributed by atoms with E-state index in [1.807, 2.05) is 12.1 Å². The van der Waals surface area contributed by atoms with Crippen LogP contribution in [0.3, 0.4) is 0 Å². The first-order chi connectivity index (χ1) is 12.0. The molecule has 1 heterocycles. The van der Waals surface area contributed by atoms with Gasteiger partial charge in [-0.15, -0.1) is 0 Å². The molecule has 136 valence electrons. The van der Waals surface area contributed by atoms with Crippen molar-refractivity contribution in [2.45, 2.75) is 52.0 Å². The fraction of sp³-hybridized carbons (Fsp3) is 0.619. The van der Waals surface area contributed by atoms with E-state index < -0.39 is 0 Å². The second-order valence-corrected chi connectivity index (χ2v) is 8.33. The molecule has 1 aliphatic heterocycles. The summed E-state index contributed by atoms with van der Waals surface area (Å²) in [6, 6.07) is 8.80. The number of nitrogens with one attached hydrogen (secondary N) is 1. The van der Waals surface area contributed by atoms with Crippen molar-refractivity contribution in [2.24, 2.45) is 10.4 Å². The van der Waals surface area contributed by atoms with Gasteiger partial charge in [0.1, 0.15) is 17.6 Å². The van der Waals surface area contributed by atoms with Gasteiger partial charge in [-0.05, 0) is 36.1 Å². The van der Waals surface area contributed by atoms with Gasteiger partial charge in [0.25, 0.3) is 0 Å². The fourth-order valence-corrected chi connectivity index (χ4v) is 4.32. The number of ether oxygens (including phenoxy) is 1. The highest BCUT2D eigenvalue weighted by Crippen LogP contribution is 2.32. The van der Waals surface area contributed by atoms with Crippen molar-refractivity contribution in [1.29, 1.82) is 0 Å². The summed E-state index contributed by atoms with van der Waals surface area (Å²) in [7, 11) is 1.70. The molecule has 0 unspecified atom stereocenters. The van der Waals surface area contributed by atoms with E-state index in [1.165, 1.54) is 31.5 Å². The molecule has 1 N–H and O–H groups in total. The molecule has 0 radical (unpaired) electrons. The second-order valence-electron chi connectivity index (χ2n) is 8.33. The van der Waals surface area contributed by atoms with Gasteiger partial charge in [-0.2, -0.15) is 0 Å². The maximum Gasteiger partial charge on any atom is 0.139 e. The van der Waals surface area contributed by atoms with E-state index in [-0.39, 0.29) is 5.41 Å². The van der Waals surface area contributed by atoms with E-state index in [4.69, 9.17) is 9.73 Å². The lowest BCUT2D eigenvalue weighted by Gasteiger charge is -2.30. The van der Waals surface area contributed by atoms with Gasteiger partial charge in [-0.3, -0.25) is 9.79 Å². The van der Waals surface area contributed by atoms with Crippen molar-refractivity contribution < 1.29 is 14.4 Å². The largest absolute Gasteiger partial charge is 0.497 e. The van der Waals surface area contributed by atoms with Crippen LogP contribution in [-0.2, 0) is 4.79 Å². The van der Waals surface area contributed by atoms with Gasteiger partial charge in [0.05, 0.1) is 26.7 Å². The van der Waals surface area contributed by atoms with Crippen LogP contribution < -0.4 is 9.64 Å². The first kappa shape index (κ1) is 18.1. The van der Waals surface area contributed by atoms with Gasteiger partial charge in [0, 0.05) is 37.0 Å². The second kappa shape index (κ2) is 7.69. The molecule has 1 aromatic rings. The van der Waals surface area contributed by atoms with E-state index in [2.05, 4.69) is 26.0 Å². The molecular formula is C21H31N2O2+. The van der Waals surface area contributed by atoms with E-state index >= 15 is 0 Å². The molecule has 1 aromatic carbocycles. The van der Waals surface area contributed by atoms with Crippen LogP contribution in [0.1, 0.15) is 57.6 Å². The lowest BCUT2D eigenvalue weighted by Crippen LogP contribution is -3.10. The standard InChI is InChI=1S/C21H30N2O2/c1-21(2)13-17(12-18(24)14-21)22-15-20(23-10-4-5-11-23)16-6-8-19(25-3)9-7-16/h6-9,20H,4-5,10-15H2,1-3H3/p+1/t20-/m1/s1. The molecule has 0 aromatic heterocycles. The van der Waals surface area contributed by atoms with Gasteiger partial charge < -0.3 is 9.64 Å². The van der Waals surface area contributed by atoms with Gasteiger partial charge >= 0.3 is 0 Å². The molecule has 3 rings (SSSR count). The summed E-state index contributed by atoms with van der Waals surface area (Å²) < 4.78 is 5.29. The molecular weight excluding hydrogens is 312 g/mol. The Balaban J connectivity index is 1.77. The van der Waals surface area contributed by atoms with E-state index in [0.29, 0.717) is 24.7 Å². The number of methoxy groups -OCH3 is 1. The van der Waals surface area contributed by atoms with Crippen LogP contribution in [-0.4, -0.2) is 38.2 Å². The third-order valence-corrected chi connectivity index (χ3v) is 5.51. The SMILES string of the molecule is COc1ccc([C@@H](CN=C2CC(=O)CC(C)(C)C2)[NH+]2CCCC2)cc1. The number of rotatable bonds is 5. The van der Waals surface area contributed by atoms with E-state index in [0.717, 1.165) is 24.4 Å². The Labute approximate surface area is 151 Å². The monoisotopic (exact) mass is 343 g/mol. The number of likely N-dealkylation sites (tertiary alicyclic amines) is 1. The Morgan fingerprint density at radius 1 is 1.16 bits per heavy atom. The third-order valence-electron chi connectivity index (χ3n) is 5.51. The zero-order valence-corrected chi connectivity index (χ0v) is 15.8. The predicted octanol–water partition coefficient (Wildman–Crippen LogP) is 2.64. The number of benzene rings is 1. The quantitative estimate of drug-likeness (QED) is 0.893. The Kier molecular flexibility index (Phi) is 5.57. The van der Waals surface area contributed by atoms with Crippen LogP contribution in [0.2, 0.25) is 0 Å². The lowest BCUT2D eigenvalue weighted by molar-refractivity contribution is -0.918. The summed E-state index contributed by atoms with van der Waals surface area (Å²) in [6.07, 6.45) is 4.77. The highest BCUT2D eigenvalue weighted by atomic mass is 16.5. The van der Waals surface area contributed by atoms with Gasteiger partial charge in [0.15, 0.2) is 0 Å². The Morgan fingerprint density at radius 2 is 1.84 bits per heavy atom. The highest BCUT2D eigenvalue weighted by molar-refractivity contribution is 6.04. The summed E-state index contributed by atoms with van der Waals surface area (Å²) in [6.45, 7) is 7.55. The Hall–Kier alpha value is -1.68. The summed E-state index contributed by atoms with van der Waals surface area (Å²) in [5.74, 6) is 1.23. The lowest BCUT2D eigenvalue weighted by atomic mass is 9.76. The molecule has 25 heavy (non-hydrogen) atoms. The molecule has 2 fully saturated rings. The summed E-state index contributed by atoms with van der Waals surface area (Å²) in [5, 5.41) is 0. The molecule has 1 saturated carbocycles. The molecule has 1 saturated heterocycles. The molecule has 1 aliphatic carbocycles. The van der Waals surface area contributed by atoms with Crippen molar-refractivity contribution >= 4 is 11.5 Å². The van der Waals surface area contributed by atoms with Gasteiger partial charge in [-0.1, -0.05) is 13.8 Å². The minimum Gasteiger partial charge on any atom is -0.497 e. The number of hydrogen-bond acceptors (Lipinski definition) is 3. The number of carbonyl (C=O) groups excluding carboxylic acids is 1. The molecule has 2 aliphatic rings. The smallest absolute Gasteiger partial charge is 0.139 e. The first-order valence-corrected chi connectivity index (χ1v) is 9.49. The van der Waals surface area contributed by atoms with Crippen molar-refractivity contribution in [1.82, 2.24) is 0 Å². The minimum atomic E-state index is 0.0598. The van der Waals surface area contributed by atoms with Crippen molar-refractivity contribution in [3.05, 3.63) is 29.8 Å². The number of ketones is 1. The number of hydrogen-bond donors (Lipinski definition) is 1. The van der Waals surface area contributed by atoms with E-state index in [1.54, 1.807) is 12.0 Å². The Bertz CT molecular complexity index is 628. The fourth-order valence-electron chi connectivity index (χ4n) is 4.32. The minimum absolute atomic E-state index is 0.0598. The number of carbonyl (C=O) groups is 1. The summed E-state index contributed by atoms with van der Waals surface area (Å²) in [5.41, 5.74) is 2.48. The molecule has 0 amide bonds. The highest BCUT2D eigenvalue weighted by Gasteiger charge is 2.31. The molecule has 4 heteroatoms. The average Bonchev–Trinajstić information content (AvgIpc) is 3.08. The van der Waals surface area contributed by atoms with Crippen LogP contribution in [0.5, 0.6) is 5.75 Å². The topological polar surface area (TPSA) is 43.1 Å². The van der Waals surface area contributed by atoms with Crippen LogP contribution in [0.4, 0.5) is 0 Å². The number of nitrogens with zero attached hydrogens (tertiary/aromatic N) is 1. The zero-order chi connectivity index (χ0) is 17.9. The van der Waals surface area contributed by atoms with Crippen molar-refractivity contribution in [2.75, 3.05) is 26.7 Å². The number of aliphatic imine (C=N–C) groups is 1. The van der Waals surface area contributed by atoms with Crippen molar-refractivity contribution in [3.63, 3.8) is 0 Å². The maximum absolute atomic E-state index is 12.0. The third kappa shape index (κ3) is 4.69. The zero-order valence-electron chi connectivity index (χ0n) is 15.8. The molecule has 0 spiro atoms. The van der Waals surface area contributed by atoms with Crippen LogP contribution in [0.25, 0.3) is 0 Å². The van der Waals surface area contributed by atoms with Crippen molar-refractivity contribution in [3.8, 4) is 5.75 Å². The summed E-state index contributed by atoms with van der Waals surface area (Å²) in [4.78, 5) is 18.6. The van der Waals surface area contributed by atoms with E-state index in [9.17, 15) is 4.79 Å². The Morgan fingerprint density at radius 3 is 2.44 bits per heavy atom. The predicted molar refractivity (Wildman–Crippen MR) is 101 cm³/mol. The molecule has 0 bridgehead atoms. The van der Waals surface area contributed by atoms with Crippen LogP contribution in [0.15, 0.2) is 29.3 Å². The molecule has 4 nitrogen and oxygen atoms in total. The number of Topliss-reactive ketones (excluding diaryl/α,β-unsaturated/α-hetero) is 1. The first-order valence-electron chi connectivity index (χ1n) is 9.49. The average molecular weight is 343 g/mol. The maximum atomic E-state index is 12.0. The summed E-state index contributed by atoms with van der Waals surface area (Å²) >= 11 is 0. The normalized spacial score (nSPS) is 23.8. The molecule has 1 atom stereocenters. The van der Waals surface area contributed by atoms with Crippen LogP contribution in [0, 0.1) is 5.41 Å².